The molecule has 5 rings (SSSR count). The molecule has 2 aromatic heterocycles. The Labute approximate surface area is 182 Å². The van der Waals surface area contributed by atoms with Crippen LogP contribution in [0.5, 0.6) is 11.6 Å². The summed E-state index contributed by atoms with van der Waals surface area (Å²) in [4.78, 5) is 24.2. The minimum absolute atomic E-state index is 0.0241. The second kappa shape index (κ2) is 7.92. The number of hydrogen-bond acceptors (Lipinski definition) is 7. The van der Waals surface area contributed by atoms with Gasteiger partial charge >= 0.3 is 11.6 Å². The standard InChI is InChI=1S/C24H17N5O3/c1-15-12-13-17-8-4-10-19(21(17)27-15)28-23-22(29(30)31)24(26-14-25-23)32-20-11-5-7-16-6-2-3-9-18(16)20/h2-14H,1H3,(H,25,26,28). The van der Waals surface area contributed by atoms with Crippen molar-refractivity contribution in [1.82, 2.24) is 15.0 Å². The molecular formula is C24H17N5O3. The fourth-order valence-corrected chi connectivity index (χ4v) is 3.56. The van der Waals surface area contributed by atoms with Crippen LogP contribution in [-0.2, 0) is 0 Å². The number of para-hydroxylation sites is 1. The van der Waals surface area contributed by atoms with Gasteiger partial charge in [0.25, 0.3) is 0 Å². The summed E-state index contributed by atoms with van der Waals surface area (Å²) < 4.78 is 5.92. The number of aryl methyl sites for hydroxylation is 1. The molecule has 0 atom stereocenters. The van der Waals surface area contributed by atoms with E-state index in [4.69, 9.17) is 4.74 Å². The lowest BCUT2D eigenvalue weighted by Crippen LogP contribution is -2.04. The van der Waals surface area contributed by atoms with E-state index in [0.717, 1.165) is 21.9 Å². The van der Waals surface area contributed by atoms with Crippen molar-refractivity contribution in [2.75, 3.05) is 5.32 Å². The van der Waals surface area contributed by atoms with Crippen LogP contribution in [-0.4, -0.2) is 19.9 Å². The van der Waals surface area contributed by atoms with Crippen molar-refractivity contribution in [1.29, 1.82) is 0 Å². The first kappa shape index (κ1) is 19.4. The second-order valence-electron chi connectivity index (χ2n) is 7.17. The molecule has 0 fully saturated rings. The number of nitrogens with one attached hydrogen (secondary N) is 1. The highest BCUT2D eigenvalue weighted by Crippen LogP contribution is 2.38. The molecular weight excluding hydrogens is 406 g/mol. The topological polar surface area (TPSA) is 103 Å². The molecule has 3 aromatic carbocycles. The van der Waals surface area contributed by atoms with Crippen LogP contribution in [0, 0.1) is 17.0 Å². The highest BCUT2D eigenvalue weighted by Gasteiger charge is 2.26. The van der Waals surface area contributed by atoms with Crippen LogP contribution in [0.3, 0.4) is 0 Å². The molecule has 0 saturated carbocycles. The summed E-state index contributed by atoms with van der Waals surface area (Å²) in [6, 6.07) is 22.6. The maximum Gasteiger partial charge on any atom is 0.373 e. The van der Waals surface area contributed by atoms with Crippen molar-refractivity contribution in [3.8, 4) is 11.6 Å². The first-order chi connectivity index (χ1) is 15.6. The highest BCUT2D eigenvalue weighted by molar-refractivity contribution is 5.93. The Morgan fingerprint density at radius 2 is 1.69 bits per heavy atom. The van der Waals surface area contributed by atoms with Gasteiger partial charge in [-0.1, -0.05) is 54.6 Å². The monoisotopic (exact) mass is 423 g/mol. The molecule has 156 valence electrons. The van der Waals surface area contributed by atoms with E-state index in [-0.39, 0.29) is 17.4 Å². The summed E-state index contributed by atoms with van der Waals surface area (Å²) in [5, 5.41) is 17.7. The van der Waals surface area contributed by atoms with Gasteiger partial charge in [0.1, 0.15) is 12.1 Å². The number of pyridine rings is 1. The van der Waals surface area contributed by atoms with Crippen LogP contribution in [0.25, 0.3) is 21.7 Å². The van der Waals surface area contributed by atoms with Gasteiger partial charge in [-0.05, 0) is 30.5 Å². The SMILES string of the molecule is Cc1ccc2cccc(Nc3ncnc(Oc4cccc5ccccc45)c3[N+](=O)[O-])c2n1. The summed E-state index contributed by atoms with van der Waals surface area (Å²) in [6.45, 7) is 1.89. The number of rotatable bonds is 5. The molecule has 32 heavy (non-hydrogen) atoms. The van der Waals surface area contributed by atoms with Gasteiger partial charge in [-0.3, -0.25) is 15.1 Å². The third-order valence-corrected chi connectivity index (χ3v) is 5.04. The van der Waals surface area contributed by atoms with E-state index in [0.29, 0.717) is 17.0 Å². The number of ether oxygens (including phenoxy) is 1. The fraction of sp³-hybridized carbons (Fsp3) is 0.0417. The zero-order chi connectivity index (χ0) is 22.1. The number of fused-ring (bicyclic) bond motifs is 2. The lowest BCUT2D eigenvalue weighted by molar-refractivity contribution is -0.385. The third kappa shape index (κ3) is 3.54. The average molecular weight is 423 g/mol. The molecule has 0 radical (unpaired) electrons. The van der Waals surface area contributed by atoms with Crippen LogP contribution >= 0.6 is 0 Å². The Morgan fingerprint density at radius 3 is 2.56 bits per heavy atom. The van der Waals surface area contributed by atoms with Gasteiger partial charge in [0.2, 0.25) is 5.82 Å². The van der Waals surface area contributed by atoms with Crippen molar-refractivity contribution in [3.05, 3.63) is 94.9 Å². The molecule has 0 aliphatic heterocycles. The summed E-state index contributed by atoms with van der Waals surface area (Å²) in [7, 11) is 0. The Kier molecular flexibility index (Phi) is 4.79. The zero-order valence-corrected chi connectivity index (χ0v) is 17.0. The van der Waals surface area contributed by atoms with E-state index in [1.165, 1.54) is 6.33 Å². The van der Waals surface area contributed by atoms with E-state index in [9.17, 15) is 10.1 Å². The van der Waals surface area contributed by atoms with Crippen molar-refractivity contribution in [3.63, 3.8) is 0 Å². The first-order valence-electron chi connectivity index (χ1n) is 9.88. The molecule has 0 aliphatic rings. The maximum atomic E-state index is 12.0. The van der Waals surface area contributed by atoms with Crippen LogP contribution in [0.2, 0.25) is 0 Å². The van der Waals surface area contributed by atoms with Gasteiger partial charge in [0, 0.05) is 16.5 Å². The van der Waals surface area contributed by atoms with E-state index >= 15 is 0 Å². The van der Waals surface area contributed by atoms with E-state index in [2.05, 4.69) is 20.3 Å². The Balaban J connectivity index is 1.59. The average Bonchev–Trinajstić information content (AvgIpc) is 2.80. The van der Waals surface area contributed by atoms with Gasteiger partial charge in [-0.15, -0.1) is 0 Å². The quantitative estimate of drug-likeness (QED) is 0.276. The zero-order valence-electron chi connectivity index (χ0n) is 17.0. The second-order valence-corrected chi connectivity index (χ2v) is 7.17. The molecule has 2 heterocycles. The van der Waals surface area contributed by atoms with Gasteiger partial charge < -0.3 is 10.1 Å². The predicted octanol–water partition coefficient (Wildman–Crippen LogP) is 5.93. The number of hydrogen-bond donors (Lipinski definition) is 1. The van der Waals surface area contributed by atoms with Crippen LogP contribution < -0.4 is 10.1 Å². The minimum Gasteiger partial charge on any atom is -0.433 e. The predicted molar refractivity (Wildman–Crippen MR) is 122 cm³/mol. The van der Waals surface area contributed by atoms with Crippen molar-refractivity contribution < 1.29 is 9.66 Å². The molecule has 8 nitrogen and oxygen atoms in total. The smallest absolute Gasteiger partial charge is 0.373 e. The van der Waals surface area contributed by atoms with Gasteiger partial charge in [0.05, 0.1) is 16.1 Å². The first-order valence-corrected chi connectivity index (χ1v) is 9.88. The molecule has 0 spiro atoms. The van der Waals surface area contributed by atoms with Crippen molar-refractivity contribution in [2.45, 2.75) is 6.92 Å². The molecule has 0 aliphatic carbocycles. The third-order valence-electron chi connectivity index (χ3n) is 5.04. The van der Waals surface area contributed by atoms with Crippen LogP contribution in [0.15, 0.2) is 79.1 Å². The van der Waals surface area contributed by atoms with Gasteiger partial charge in [-0.2, -0.15) is 4.98 Å². The molecule has 5 aromatic rings. The number of anilines is 2. The van der Waals surface area contributed by atoms with Gasteiger partial charge in [0.15, 0.2) is 0 Å². The number of aromatic nitrogens is 3. The van der Waals surface area contributed by atoms with Crippen LogP contribution in [0.4, 0.5) is 17.2 Å². The van der Waals surface area contributed by atoms with Crippen LogP contribution in [0.1, 0.15) is 5.69 Å². The maximum absolute atomic E-state index is 12.0. The lowest BCUT2D eigenvalue weighted by Gasteiger charge is -2.12. The Bertz CT molecular complexity index is 1480. The summed E-state index contributed by atoms with van der Waals surface area (Å²) in [5.74, 6) is 0.350. The summed E-state index contributed by atoms with van der Waals surface area (Å²) in [5.41, 5.74) is 1.77. The minimum atomic E-state index is -0.549. The normalized spacial score (nSPS) is 10.9. The van der Waals surface area contributed by atoms with E-state index < -0.39 is 4.92 Å². The van der Waals surface area contributed by atoms with Gasteiger partial charge in [-0.25, -0.2) is 4.98 Å². The number of nitro groups is 1. The molecule has 0 bridgehead atoms. The Morgan fingerprint density at radius 1 is 0.906 bits per heavy atom. The fourth-order valence-electron chi connectivity index (χ4n) is 3.56. The molecule has 0 amide bonds. The van der Waals surface area contributed by atoms with E-state index in [1.807, 2.05) is 67.6 Å². The molecule has 1 N–H and O–H groups in total. The lowest BCUT2D eigenvalue weighted by atomic mass is 10.1. The largest absolute Gasteiger partial charge is 0.433 e. The molecule has 0 unspecified atom stereocenters. The molecule has 8 heteroatoms. The summed E-state index contributed by atoms with van der Waals surface area (Å²) >= 11 is 0. The number of benzene rings is 3. The van der Waals surface area contributed by atoms with Crippen molar-refractivity contribution >= 4 is 38.9 Å². The summed E-state index contributed by atoms with van der Waals surface area (Å²) in [6.07, 6.45) is 1.24. The van der Waals surface area contributed by atoms with Crippen molar-refractivity contribution in [2.24, 2.45) is 0 Å². The molecule has 0 saturated heterocycles. The highest BCUT2D eigenvalue weighted by atomic mass is 16.6. The Hall–Kier alpha value is -4.59. The number of nitrogens with zero attached hydrogens (tertiary/aromatic N) is 4. The van der Waals surface area contributed by atoms with E-state index in [1.54, 1.807) is 12.1 Å².